The van der Waals surface area contributed by atoms with Crippen LogP contribution in [0.2, 0.25) is 0 Å². The second-order valence-electron chi connectivity index (χ2n) is 5.89. The van der Waals surface area contributed by atoms with Crippen molar-refractivity contribution < 1.29 is 4.74 Å². The summed E-state index contributed by atoms with van der Waals surface area (Å²) >= 11 is 0. The highest BCUT2D eigenvalue weighted by Gasteiger charge is 2.18. The van der Waals surface area contributed by atoms with Gasteiger partial charge in [-0.25, -0.2) is 0 Å². The van der Waals surface area contributed by atoms with Gasteiger partial charge >= 0.3 is 0 Å². The summed E-state index contributed by atoms with van der Waals surface area (Å²) in [6.07, 6.45) is 10.1. The van der Waals surface area contributed by atoms with Crippen LogP contribution in [0, 0.1) is 23.2 Å². The molecule has 0 bridgehead atoms. The lowest BCUT2D eigenvalue weighted by Gasteiger charge is -2.22. The molecule has 0 aromatic heterocycles. The molecule has 1 N–H and O–H groups in total. The lowest BCUT2D eigenvalue weighted by molar-refractivity contribution is 0.0832. The highest BCUT2D eigenvalue weighted by Crippen LogP contribution is 2.20. The van der Waals surface area contributed by atoms with E-state index in [0.29, 0.717) is 17.8 Å². The highest BCUT2D eigenvalue weighted by atomic mass is 16.5. The lowest BCUT2D eigenvalue weighted by Crippen LogP contribution is -2.24. The van der Waals surface area contributed by atoms with Crippen LogP contribution in [-0.2, 0) is 4.74 Å². The second kappa shape index (κ2) is 9.87. The summed E-state index contributed by atoms with van der Waals surface area (Å²) < 4.78 is 5.37. The van der Waals surface area contributed by atoms with Crippen LogP contribution in [0.5, 0.6) is 0 Å². The molecule has 2 atom stereocenters. The summed E-state index contributed by atoms with van der Waals surface area (Å²) in [5.74, 6) is 1.82. The SMILES string of the molecule is C/C=C\CC(C)[C@H](C)CC/N=C(\C=N)C1CCOCC1. The first-order valence-corrected chi connectivity index (χ1v) is 7.92. The van der Waals surface area contributed by atoms with Gasteiger partial charge in [0.2, 0.25) is 0 Å². The molecular formula is C17H30N2O. The van der Waals surface area contributed by atoms with Gasteiger partial charge in [0.05, 0.1) is 5.71 Å². The minimum absolute atomic E-state index is 0.442. The maximum Gasteiger partial charge on any atom is 0.0556 e. The molecular weight excluding hydrogens is 248 g/mol. The van der Waals surface area contributed by atoms with Gasteiger partial charge in [0.25, 0.3) is 0 Å². The number of hydrogen-bond acceptors (Lipinski definition) is 3. The van der Waals surface area contributed by atoms with E-state index in [-0.39, 0.29) is 0 Å². The van der Waals surface area contributed by atoms with Crippen molar-refractivity contribution in [3.63, 3.8) is 0 Å². The van der Waals surface area contributed by atoms with E-state index in [2.05, 4.69) is 37.9 Å². The number of hydrogen-bond donors (Lipinski definition) is 1. The molecule has 1 aliphatic heterocycles. The molecule has 1 rings (SSSR count). The van der Waals surface area contributed by atoms with E-state index in [4.69, 9.17) is 10.1 Å². The number of allylic oxidation sites excluding steroid dienone is 2. The summed E-state index contributed by atoms with van der Waals surface area (Å²) in [6, 6.07) is 0. The van der Waals surface area contributed by atoms with Crippen molar-refractivity contribution in [2.24, 2.45) is 22.7 Å². The van der Waals surface area contributed by atoms with Gasteiger partial charge in [-0.05, 0) is 44.4 Å². The smallest absolute Gasteiger partial charge is 0.0556 e. The molecule has 1 saturated heterocycles. The number of ether oxygens (including phenoxy) is 1. The topological polar surface area (TPSA) is 45.4 Å². The molecule has 0 spiro atoms. The zero-order chi connectivity index (χ0) is 14.8. The van der Waals surface area contributed by atoms with Crippen LogP contribution in [0.4, 0.5) is 0 Å². The maximum absolute atomic E-state index is 7.55. The van der Waals surface area contributed by atoms with E-state index in [1.54, 1.807) is 0 Å². The average Bonchev–Trinajstić information content (AvgIpc) is 2.49. The van der Waals surface area contributed by atoms with Crippen LogP contribution in [0.15, 0.2) is 17.1 Å². The Morgan fingerprint density at radius 2 is 2.00 bits per heavy atom. The van der Waals surface area contributed by atoms with Crippen molar-refractivity contribution in [2.75, 3.05) is 19.8 Å². The molecule has 3 nitrogen and oxygen atoms in total. The molecule has 114 valence electrons. The van der Waals surface area contributed by atoms with Crippen LogP contribution < -0.4 is 0 Å². The minimum atomic E-state index is 0.442. The third kappa shape index (κ3) is 6.00. The number of aliphatic imine (C=N–C) groups is 1. The molecule has 0 aliphatic carbocycles. The van der Waals surface area contributed by atoms with Crippen molar-refractivity contribution >= 4 is 11.9 Å². The first-order chi connectivity index (χ1) is 9.69. The number of rotatable bonds is 8. The summed E-state index contributed by atoms with van der Waals surface area (Å²) in [5.41, 5.74) is 0.974. The van der Waals surface area contributed by atoms with Crippen molar-refractivity contribution in [1.29, 1.82) is 5.41 Å². The monoisotopic (exact) mass is 278 g/mol. The average molecular weight is 278 g/mol. The third-order valence-corrected chi connectivity index (χ3v) is 4.38. The molecule has 0 aromatic rings. The van der Waals surface area contributed by atoms with E-state index in [1.807, 2.05) is 0 Å². The number of nitrogens with zero attached hydrogens (tertiary/aromatic N) is 1. The first-order valence-electron chi connectivity index (χ1n) is 7.92. The predicted octanol–water partition coefficient (Wildman–Crippen LogP) is 4.13. The molecule has 1 heterocycles. The van der Waals surface area contributed by atoms with E-state index < -0.39 is 0 Å². The highest BCUT2D eigenvalue weighted by molar-refractivity contribution is 6.30. The third-order valence-electron chi connectivity index (χ3n) is 4.38. The molecule has 1 aliphatic rings. The van der Waals surface area contributed by atoms with Gasteiger partial charge in [0, 0.05) is 31.9 Å². The quantitative estimate of drug-likeness (QED) is 0.526. The Balaban J connectivity index is 2.38. The van der Waals surface area contributed by atoms with Crippen LogP contribution in [-0.4, -0.2) is 31.7 Å². The Morgan fingerprint density at radius 1 is 1.30 bits per heavy atom. The van der Waals surface area contributed by atoms with E-state index in [9.17, 15) is 0 Å². The van der Waals surface area contributed by atoms with Gasteiger partial charge in [-0.1, -0.05) is 26.0 Å². The van der Waals surface area contributed by atoms with Gasteiger partial charge < -0.3 is 10.1 Å². The Hall–Kier alpha value is -0.960. The zero-order valence-corrected chi connectivity index (χ0v) is 13.3. The molecule has 0 saturated carbocycles. The fourth-order valence-electron chi connectivity index (χ4n) is 2.55. The van der Waals surface area contributed by atoms with E-state index >= 15 is 0 Å². The van der Waals surface area contributed by atoms with Gasteiger partial charge in [0.1, 0.15) is 0 Å². The molecule has 0 radical (unpaired) electrons. The largest absolute Gasteiger partial charge is 0.381 e. The van der Waals surface area contributed by atoms with Gasteiger partial charge in [0.15, 0.2) is 0 Å². The van der Waals surface area contributed by atoms with Crippen LogP contribution in [0.25, 0.3) is 0 Å². The van der Waals surface area contributed by atoms with Crippen LogP contribution in [0.1, 0.15) is 46.5 Å². The summed E-state index contributed by atoms with van der Waals surface area (Å²) in [6.45, 7) is 9.17. The van der Waals surface area contributed by atoms with E-state index in [1.165, 1.54) is 6.21 Å². The predicted molar refractivity (Wildman–Crippen MR) is 87.0 cm³/mol. The maximum atomic E-state index is 7.55. The van der Waals surface area contributed by atoms with Crippen molar-refractivity contribution in [3.05, 3.63) is 12.2 Å². The van der Waals surface area contributed by atoms with Crippen molar-refractivity contribution in [1.82, 2.24) is 0 Å². The first kappa shape index (κ1) is 17.1. The Kier molecular flexibility index (Phi) is 8.43. The van der Waals surface area contributed by atoms with E-state index in [0.717, 1.165) is 51.2 Å². The lowest BCUT2D eigenvalue weighted by atomic mass is 9.90. The van der Waals surface area contributed by atoms with Gasteiger partial charge in [-0.3, -0.25) is 4.99 Å². The van der Waals surface area contributed by atoms with Crippen LogP contribution >= 0.6 is 0 Å². The Morgan fingerprint density at radius 3 is 2.60 bits per heavy atom. The summed E-state index contributed by atoms with van der Waals surface area (Å²) in [4.78, 5) is 4.67. The Labute approximate surface area is 124 Å². The molecule has 0 aromatic carbocycles. The zero-order valence-electron chi connectivity index (χ0n) is 13.3. The fraction of sp³-hybridized carbons (Fsp3) is 0.765. The summed E-state index contributed by atoms with van der Waals surface area (Å²) in [7, 11) is 0. The molecule has 1 fully saturated rings. The normalized spacial score (nSPS) is 21.1. The van der Waals surface area contributed by atoms with Crippen LogP contribution in [0.3, 0.4) is 0 Å². The number of nitrogens with one attached hydrogen (secondary N) is 1. The van der Waals surface area contributed by atoms with Gasteiger partial charge in [-0.2, -0.15) is 0 Å². The standard InChI is InChI=1S/C17H30N2O/c1-4-5-6-14(2)15(3)7-10-19-17(13-18)16-8-11-20-12-9-16/h4-5,13-16,18H,6-12H2,1-3H3/b5-4-,18-13?,19-17+/t14?,15-/m1/s1. The molecule has 1 unspecified atom stereocenters. The second-order valence-corrected chi connectivity index (χ2v) is 5.89. The molecule has 3 heteroatoms. The Bertz CT molecular complexity index is 330. The van der Waals surface area contributed by atoms with Gasteiger partial charge in [-0.15, -0.1) is 0 Å². The van der Waals surface area contributed by atoms with Crippen molar-refractivity contribution in [3.8, 4) is 0 Å². The van der Waals surface area contributed by atoms with Crippen molar-refractivity contribution in [2.45, 2.75) is 46.5 Å². The fourth-order valence-corrected chi connectivity index (χ4v) is 2.55. The molecule has 20 heavy (non-hydrogen) atoms. The molecule has 0 amide bonds. The summed E-state index contributed by atoms with van der Waals surface area (Å²) in [5, 5.41) is 7.55. The minimum Gasteiger partial charge on any atom is -0.381 e.